The molecule has 1 N–H and O–H groups in total. The maximum atomic E-state index is 10.9. The van der Waals surface area contributed by atoms with Gasteiger partial charge in [0.25, 0.3) is 0 Å². The fraction of sp³-hybridized carbons (Fsp3) is 0.167. The van der Waals surface area contributed by atoms with Crippen LogP contribution in [0, 0.1) is 0 Å². The molecule has 17 heavy (non-hydrogen) atoms. The standard InChI is InChI=1S/C12H11ClN2O2/c1-2-15-4-3-14-11(15)8-5-9(12(16)17)7-10(13)6-8/h3-7H,2H2,1H3,(H,16,17). The van der Waals surface area contributed by atoms with Gasteiger partial charge in [-0.25, -0.2) is 9.78 Å². The number of carboxylic acid groups (broad SMARTS) is 1. The molecule has 0 saturated carbocycles. The Balaban J connectivity index is 2.56. The SMILES string of the molecule is CCn1ccnc1-c1cc(Cl)cc(C(=O)O)c1. The minimum Gasteiger partial charge on any atom is -0.478 e. The first kappa shape index (κ1) is 11.7. The molecule has 0 amide bonds. The van der Waals surface area contributed by atoms with E-state index in [1.165, 1.54) is 6.07 Å². The van der Waals surface area contributed by atoms with Crippen LogP contribution in [-0.4, -0.2) is 20.6 Å². The largest absolute Gasteiger partial charge is 0.478 e. The summed E-state index contributed by atoms with van der Waals surface area (Å²) in [4.78, 5) is 15.2. The number of aryl methyl sites for hydroxylation is 1. The van der Waals surface area contributed by atoms with E-state index < -0.39 is 5.97 Å². The first-order chi connectivity index (χ1) is 8.11. The molecule has 2 rings (SSSR count). The van der Waals surface area contributed by atoms with Crippen molar-refractivity contribution in [3.63, 3.8) is 0 Å². The van der Waals surface area contributed by atoms with E-state index in [2.05, 4.69) is 4.98 Å². The topological polar surface area (TPSA) is 55.1 Å². The Labute approximate surface area is 103 Å². The third-order valence-electron chi connectivity index (χ3n) is 2.46. The molecule has 1 aromatic heterocycles. The third kappa shape index (κ3) is 2.31. The van der Waals surface area contributed by atoms with Crippen LogP contribution in [-0.2, 0) is 6.54 Å². The molecule has 4 nitrogen and oxygen atoms in total. The summed E-state index contributed by atoms with van der Waals surface area (Å²) in [6, 6.07) is 4.71. The Morgan fingerprint density at radius 3 is 2.88 bits per heavy atom. The van der Waals surface area contributed by atoms with E-state index in [0.29, 0.717) is 10.6 Å². The third-order valence-corrected chi connectivity index (χ3v) is 2.68. The van der Waals surface area contributed by atoms with Crippen molar-refractivity contribution < 1.29 is 9.90 Å². The minimum absolute atomic E-state index is 0.165. The number of hydrogen-bond acceptors (Lipinski definition) is 2. The van der Waals surface area contributed by atoms with Crippen molar-refractivity contribution in [2.24, 2.45) is 0 Å². The van der Waals surface area contributed by atoms with E-state index in [1.54, 1.807) is 18.3 Å². The highest BCUT2D eigenvalue weighted by atomic mass is 35.5. The molecule has 0 radical (unpaired) electrons. The molecule has 2 aromatic rings. The highest BCUT2D eigenvalue weighted by Gasteiger charge is 2.10. The van der Waals surface area contributed by atoms with Crippen LogP contribution >= 0.6 is 11.6 Å². The van der Waals surface area contributed by atoms with Gasteiger partial charge in [0.1, 0.15) is 5.82 Å². The molecular formula is C12H11ClN2O2. The van der Waals surface area contributed by atoms with Crippen LogP contribution in [0.4, 0.5) is 0 Å². The first-order valence-electron chi connectivity index (χ1n) is 5.17. The highest BCUT2D eigenvalue weighted by molar-refractivity contribution is 6.31. The Morgan fingerprint density at radius 2 is 2.24 bits per heavy atom. The van der Waals surface area contributed by atoms with Crippen LogP contribution in [0.2, 0.25) is 5.02 Å². The van der Waals surface area contributed by atoms with Crippen molar-refractivity contribution in [1.82, 2.24) is 9.55 Å². The lowest BCUT2D eigenvalue weighted by molar-refractivity contribution is 0.0697. The fourth-order valence-corrected chi connectivity index (χ4v) is 1.90. The van der Waals surface area contributed by atoms with E-state index in [1.807, 2.05) is 17.7 Å². The van der Waals surface area contributed by atoms with Crippen LogP contribution in [0.3, 0.4) is 0 Å². The van der Waals surface area contributed by atoms with Crippen molar-refractivity contribution in [3.05, 3.63) is 41.2 Å². The van der Waals surface area contributed by atoms with E-state index in [4.69, 9.17) is 16.7 Å². The number of aromatic nitrogens is 2. The molecule has 1 heterocycles. The van der Waals surface area contributed by atoms with Gasteiger partial charge in [0.2, 0.25) is 0 Å². The summed E-state index contributed by atoms with van der Waals surface area (Å²) in [5.41, 5.74) is 0.875. The second-order valence-corrected chi connectivity index (χ2v) is 4.01. The molecule has 5 heteroatoms. The average molecular weight is 251 g/mol. The Bertz CT molecular complexity index is 563. The Kier molecular flexibility index (Phi) is 3.15. The van der Waals surface area contributed by atoms with Crippen molar-refractivity contribution in [3.8, 4) is 11.4 Å². The van der Waals surface area contributed by atoms with Crippen molar-refractivity contribution in [2.45, 2.75) is 13.5 Å². The number of nitrogens with zero attached hydrogens (tertiary/aromatic N) is 2. The van der Waals surface area contributed by atoms with Crippen LogP contribution in [0.1, 0.15) is 17.3 Å². The van der Waals surface area contributed by atoms with Crippen LogP contribution in [0.5, 0.6) is 0 Å². The molecule has 88 valence electrons. The van der Waals surface area contributed by atoms with Crippen molar-refractivity contribution in [2.75, 3.05) is 0 Å². The molecule has 1 aromatic carbocycles. The highest BCUT2D eigenvalue weighted by Crippen LogP contribution is 2.23. The van der Waals surface area contributed by atoms with E-state index in [0.717, 1.165) is 12.4 Å². The quantitative estimate of drug-likeness (QED) is 0.911. The molecule has 0 unspecified atom stereocenters. The monoisotopic (exact) mass is 250 g/mol. The summed E-state index contributed by atoms with van der Waals surface area (Å²) in [5.74, 6) is -0.277. The van der Waals surface area contributed by atoms with Crippen LogP contribution < -0.4 is 0 Å². The van der Waals surface area contributed by atoms with Gasteiger partial charge in [-0.2, -0.15) is 0 Å². The summed E-state index contributed by atoms with van der Waals surface area (Å²) in [7, 11) is 0. The number of aromatic carboxylic acids is 1. The summed E-state index contributed by atoms with van der Waals surface area (Å²) >= 11 is 5.91. The zero-order chi connectivity index (χ0) is 12.4. The average Bonchev–Trinajstić information content (AvgIpc) is 2.76. The first-order valence-corrected chi connectivity index (χ1v) is 5.55. The van der Waals surface area contributed by atoms with Gasteiger partial charge < -0.3 is 9.67 Å². The molecule has 0 saturated heterocycles. The number of rotatable bonds is 3. The minimum atomic E-state index is -0.997. The molecular weight excluding hydrogens is 240 g/mol. The van der Waals surface area contributed by atoms with Gasteiger partial charge in [-0.1, -0.05) is 11.6 Å². The van der Waals surface area contributed by atoms with E-state index in [-0.39, 0.29) is 5.56 Å². The van der Waals surface area contributed by atoms with Crippen LogP contribution in [0.25, 0.3) is 11.4 Å². The lowest BCUT2D eigenvalue weighted by atomic mass is 10.1. The molecule has 0 spiro atoms. The van der Waals surface area contributed by atoms with Gasteiger partial charge >= 0.3 is 5.97 Å². The molecule has 0 aliphatic heterocycles. The van der Waals surface area contributed by atoms with Crippen LogP contribution in [0.15, 0.2) is 30.6 Å². The fourth-order valence-electron chi connectivity index (χ4n) is 1.67. The zero-order valence-corrected chi connectivity index (χ0v) is 9.98. The summed E-state index contributed by atoms with van der Waals surface area (Å²) in [5, 5.41) is 9.37. The summed E-state index contributed by atoms with van der Waals surface area (Å²) in [6.45, 7) is 2.76. The second-order valence-electron chi connectivity index (χ2n) is 3.57. The molecule has 0 atom stereocenters. The van der Waals surface area contributed by atoms with Gasteiger partial charge in [0.15, 0.2) is 0 Å². The lowest BCUT2D eigenvalue weighted by Crippen LogP contribution is -2.00. The van der Waals surface area contributed by atoms with Crippen molar-refractivity contribution in [1.29, 1.82) is 0 Å². The summed E-state index contributed by atoms with van der Waals surface area (Å²) in [6.07, 6.45) is 3.52. The summed E-state index contributed by atoms with van der Waals surface area (Å²) < 4.78 is 1.93. The zero-order valence-electron chi connectivity index (χ0n) is 9.22. The number of imidazole rings is 1. The molecule has 0 aliphatic carbocycles. The number of carboxylic acids is 1. The maximum Gasteiger partial charge on any atom is 0.335 e. The predicted octanol–water partition coefficient (Wildman–Crippen LogP) is 2.92. The normalized spacial score (nSPS) is 10.5. The predicted molar refractivity (Wildman–Crippen MR) is 65.3 cm³/mol. The molecule has 0 fully saturated rings. The lowest BCUT2D eigenvalue weighted by Gasteiger charge is -2.06. The van der Waals surface area contributed by atoms with E-state index >= 15 is 0 Å². The second kappa shape index (κ2) is 4.59. The Hall–Kier alpha value is -1.81. The number of benzene rings is 1. The maximum absolute atomic E-state index is 10.9. The van der Waals surface area contributed by atoms with Crippen molar-refractivity contribution >= 4 is 17.6 Å². The Morgan fingerprint density at radius 1 is 1.47 bits per heavy atom. The smallest absolute Gasteiger partial charge is 0.335 e. The number of halogens is 1. The van der Waals surface area contributed by atoms with Gasteiger partial charge in [-0.05, 0) is 25.1 Å². The van der Waals surface area contributed by atoms with Gasteiger partial charge in [-0.3, -0.25) is 0 Å². The molecule has 0 aliphatic rings. The van der Waals surface area contributed by atoms with Gasteiger partial charge in [0, 0.05) is 29.5 Å². The number of hydrogen-bond donors (Lipinski definition) is 1. The van der Waals surface area contributed by atoms with E-state index in [9.17, 15) is 4.79 Å². The molecule has 0 bridgehead atoms. The van der Waals surface area contributed by atoms with Gasteiger partial charge in [-0.15, -0.1) is 0 Å². The number of carbonyl (C=O) groups is 1. The van der Waals surface area contributed by atoms with Gasteiger partial charge in [0.05, 0.1) is 5.56 Å².